The Bertz CT molecular complexity index is 2420. The van der Waals surface area contributed by atoms with Crippen molar-refractivity contribution in [3.63, 3.8) is 0 Å². The van der Waals surface area contributed by atoms with Crippen molar-refractivity contribution in [1.82, 2.24) is 15.7 Å². The molecule has 7 N–H and O–H groups in total. The van der Waals surface area contributed by atoms with Crippen LogP contribution in [0.2, 0.25) is 5.02 Å². The van der Waals surface area contributed by atoms with E-state index in [9.17, 15) is 60.6 Å². The fraction of sp³-hybridized carbons (Fsp3) is 0.194. The Labute approximate surface area is 361 Å². The van der Waals surface area contributed by atoms with E-state index in [2.05, 4.69) is 30.9 Å². The SMILES string of the molecule is C/C(=N\NC(=O)Nc1cc(F)cc(F)c1)c1ncccc1C(=O)O.CCOC(=O)COC(=O)c1cc(Oc2ccc(C(F)(F)F)cc2Cl)ccc1[N+](=O)[O-].O=C(O)CNCP(=O)(O)O. The van der Waals surface area contributed by atoms with E-state index >= 15 is 0 Å². The summed E-state index contributed by atoms with van der Waals surface area (Å²) < 4.78 is 88.9. The highest BCUT2D eigenvalue weighted by Gasteiger charge is 2.31. The first-order valence-corrected chi connectivity index (χ1v) is 19.4. The molecule has 1 heterocycles. The number of rotatable bonds is 15. The standard InChI is InChI=1S/C18H13ClF3NO7.C15H12F2N4O3.C3H8NO5P/c1-2-28-16(24)9-29-17(25)12-8-11(4-5-14(12)23(26)27)30-15-6-3-10(7-13(15)19)18(20,21)22;1-8(13-12(14(22)23)3-2-4-18-13)20-21-15(24)19-11-6-9(16)5-10(17)7-11;5-3(6)1-4-2-10(7,8)9/h3-8H,2,9H2,1H3;2-7H,1H3,(H,22,23)(H2,19,21,24);4H,1-2H2,(H,5,6)(H2,7,8,9)/b;20-8+;. The highest BCUT2D eigenvalue weighted by molar-refractivity contribution is 7.51. The van der Waals surface area contributed by atoms with Crippen LogP contribution < -0.4 is 20.8 Å². The number of nitrogens with zero attached hydrogens (tertiary/aromatic N) is 3. The average Bonchev–Trinajstić information content (AvgIpc) is 3.19. The number of ether oxygens (including phenoxy) is 3. The zero-order chi connectivity index (χ0) is 48.4. The number of esters is 2. The third-order valence-electron chi connectivity index (χ3n) is 6.92. The van der Waals surface area contributed by atoms with Crippen LogP contribution in [0.5, 0.6) is 11.5 Å². The summed E-state index contributed by atoms with van der Waals surface area (Å²) in [7, 11) is -4.10. The lowest BCUT2D eigenvalue weighted by atomic mass is 10.1. The monoisotopic (exact) mass is 950 g/mol. The number of aromatic carboxylic acids is 1. The second-order valence-corrected chi connectivity index (χ2v) is 13.9. The maximum Gasteiger partial charge on any atom is 0.416 e. The predicted molar refractivity (Wildman–Crippen MR) is 211 cm³/mol. The van der Waals surface area contributed by atoms with Gasteiger partial charge in [-0.25, -0.2) is 33.4 Å². The van der Waals surface area contributed by atoms with Crippen molar-refractivity contribution in [2.45, 2.75) is 20.0 Å². The van der Waals surface area contributed by atoms with E-state index in [0.29, 0.717) is 12.1 Å². The minimum Gasteiger partial charge on any atom is -0.480 e. The molecule has 0 aliphatic rings. The molecule has 0 unspecified atom stereocenters. The van der Waals surface area contributed by atoms with Gasteiger partial charge in [0.25, 0.3) is 5.69 Å². The molecule has 2 amide bonds. The summed E-state index contributed by atoms with van der Waals surface area (Å²) >= 11 is 5.81. The van der Waals surface area contributed by atoms with Crippen LogP contribution in [-0.2, 0) is 29.8 Å². The predicted octanol–water partition coefficient (Wildman–Crippen LogP) is 6.18. The number of carbonyl (C=O) groups is 5. The van der Waals surface area contributed by atoms with E-state index in [0.717, 1.165) is 42.5 Å². The number of hydrogen-bond acceptors (Lipinski definition) is 14. The maximum atomic E-state index is 13.0. The summed E-state index contributed by atoms with van der Waals surface area (Å²) in [5, 5.41) is 35.8. The molecule has 4 aromatic rings. The Morgan fingerprint density at radius 1 is 0.953 bits per heavy atom. The number of pyridine rings is 1. The summed E-state index contributed by atoms with van der Waals surface area (Å²) in [6, 6.07) is 9.83. The van der Waals surface area contributed by atoms with Crippen LogP contribution in [0.3, 0.4) is 0 Å². The van der Waals surface area contributed by atoms with Gasteiger partial charge in [0.1, 0.15) is 34.4 Å². The van der Waals surface area contributed by atoms with Gasteiger partial charge in [-0.3, -0.25) is 29.8 Å². The summed E-state index contributed by atoms with van der Waals surface area (Å²) in [6.07, 6.45) is -3.82. The van der Waals surface area contributed by atoms with E-state index in [1.54, 1.807) is 0 Å². The molecule has 0 bridgehead atoms. The molecule has 0 atom stereocenters. The first-order valence-electron chi connectivity index (χ1n) is 17.2. The molecule has 0 spiro atoms. The van der Waals surface area contributed by atoms with Gasteiger partial charge in [0.2, 0.25) is 0 Å². The summed E-state index contributed by atoms with van der Waals surface area (Å²) in [4.78, 5) is 86.6. The molecule has 0 saturated carbocycles. The van der Waals surface area contributed by atoms with E-state index in [-0.39, 0.29) is 45.8 Å². The van der Waals surface area contributed by atoms with Gasteiger partial charge in [0, 0.05) is 30.1 Å². The molecule has 0 fully saturated rings. The molecule has 344 valence electrons. The van der Waals surface area contributed by atoms with Gasteiger partial charge in [-0.05, 0) is 62.4 Å². The molecule has 4 rings (SSSR count). The molecular formula is C36H33ClF5N6O15P. The van der Waals surface area contributed by atoms with Crippen molar-refractivity contribution < 1.29 is 89.6 Å². The molecule has 1 aromatic heterocycles. The Morgan fingerprint density at radius 2 is 1.61 bits per heavy atom. The lowest BCUT2D eigenvalue weighted by Gasteiger charge is -2.12. The van der Waals surface area contributed by atoms with Crippen molar-refractivity contribution in [1.29, 1.82) is 0 Å². The lowest BCUT2D eigenvalue weighted by molar-refractivity contribution is -0.385. The molecule has 64 heavy (non-hydrogen) atoms. The maximum absolute atomic E-state index is 13.0. The number of nitro benzene ring substituents is 1. The normalized spacial score (nSPS) is 11.1. The zero-order valence-corrected chi connectivity index (χ0v) is 34.2. The number of nitrogens with one attached hydrogen (secondary N) is 3. The number of alkyl halides is 3. The average molecular weight is 951 g/mol. The number of amides is 2. The number of carboxylic acids is 2. The number of hydrogen-bond donors (Lipinski definition) is 7. The van der Waals surface area contributed by atoms with Crippen molar-refractivity contribution in [3.8, 4) is 11.5 Å². The second-order valence-electron chi connectivity index (χ2n) is 11.8. The van der Waals surface area contributed by atoms with Crippen molar-refractivity contribution in [2.75, 3.05) is 31.4 Å². The molecule has 3 aromatic carbocycles. The van der Waals surface area contributed by atoms with Crippen LogP contribution in [0.4, 0.5) is 38.1 Å². The fourth-order valence-corrected chi connectivity index (χ4v) is 4.96. The van der Waals surface area contributed by atoms with Gasteiger partial charge in [-0.15, -0.1) is 0 Å². The molecular weight excluding hydrogens is 918 g/mol. The van der Waals surface area contributed by atoms with Gasteiger partial charge < -0.3 is 39.5 Å². The van der Waals surface area contributed by atoms with Crippen molar-refractivity contribution in [3.05, 3.63) is 122 Å². The molecule has 0 saturated heterocycles. The Kier molecular flexibility index (Phi) is 20.3. The number of aliphatic carboxylic acids is 1. The number of benzene rings is 3. The Hall–Kier alpha value is -7.12. The molecule has 0 radical (unpaired) electrons. The number of carboxylic acid groups (broad SMARTS) is 2. The molecule has 0 aliphatic carbocycles. The molecule has 0 aliphatic heterocycles. The quantitative estimate of drug-likeness (QED) is 0.0175. The minimum atomic E-state index is -4.61. The van der Waals surface area contributed by atoms with Crippen LogP contribution in [-0.4, -0.2) is 91.6 Å². The highest BCUT2D eigenvalue weighted by atomic mass is 35.5. The molecule has 28 heteroatoms. The van der Waals surface area contributed by atoms with Crippen molar-refractivity contribution in [2.24, 2.45) is 5.10 Å². The number of urea groups is 1. The zero-order valence-electron chi connectivity index (χ0n) is 32.6. The minimum absolute atomic E-state index is 0.0493. The number of nitro groups is 1. The summed E-state index contributed by atoms with van der Waals surface area (Å²) in [5.74, 6) is -6.37. The Morgan fingerprint density at radius 3 is 2.16 bits per heavy atom. The third kappa shape index (κ3) is 18.9. The summed E-state index contributed by atoms with van der Waals surface area (Å²) in [6.45, 7) is 1.84. The van der Waals surface area contributed by atoms with E-state index < -0.39 is 96.5 Å². The largest absolute Gasteiger partial charge is 0.480 e. The van der Waals surface area contributed by atoms with E-state index in [1.807, 2.05) is 0 Å². The van der Waals surface area contributed by atoms with Crippen LogP contribution in [0, 0.1) is 21.7 Å². The van der Waals surface area contributed by atoms with Gasteiger partial charge in [-0.1, -0.05) is 11.6 Å². The third-order valence-corrected chi connectivity index (χ3v) is 7.85. The summed E-state index contributed by atoms with van der Waals surface area (Å²) in [5.41, 5.74) is -0.00537. The van der Waals surface area contributed by atoms with Gasteiger partial charge >= 0.3 is 43.7 Å². The van der Waals surface area contributed by atoms with E-state index in [4.69, 9.17) is 41.1 Å². The van der Waals surface area contributed by atoms with Crippen LogP contribution in [0.25, 0.3) is 0 Å². The number of hydrazone groups is 1. The van der Waals surface area contributed by atoms with Gasteiger partial charge in [0.05, 0.1) is 46.2 Å². The van der Waals surface area contributed by atoms with Gasteiger partial charge in [0.15, 0.2) is 6.61 Å². The fourth-order valence-electron chi connectivity index (χ4n) is 4.34. The Balaban J connectivity index is 0.000000369. The number of carbonyl (C=O) groups excluding carboxylic acids is 3. The smallest absolute Gasteiger partial charge is 0.416 e. The number of halogens is 6. The first kappa shape index (κ1) is 53.0. The van der Waals surface area contributed by atoms with E-state index in [1.165, 1.54) is 32.2 Å². The topological polar surface area (TPSA) is 316 Å². The van der Waals surface area contributed by atoms with Gasteiger partial charge in [-0.2, -0.15) is 18.3 Å². The van der Waals surface area contributed by atoms with Crippen LogP contribution in [0.15, 0.2) is 78.0 Å². The van der Waals surface area contributed by atoms with Crippen molar-refractivity contribution >= 4 is 66.2 Å². The number of anilines is 1. The number of aromatic nitrogens is 1. The lowest BCUT2D eigenvalue weighted by Crippen LogP contribution is -2.26. The van der Waals surface area contributed by atoms with Crippen LogP contribution in [0.1, 0.15) is 45.8 Å². The first-order chi connectivity index (χ1) is 29.8. The van der Waals surface area contributed by atoms with Crippen LogP contribution >= 0.6 is 19.2 Å². The highest BCUT2D eigenvalue weighted by Crippen LogP contribution is 2.37. The second kappa shape index (κ2) is 24.5. The molecule has 21 nitrogen and oxygen atoms in total.